The number of hydrogen-bond donors (Lipinski definition) is 1. The molecule has 2 rings (SSSR count). The summed E-state index contributed by atoms with van der Waals surface area (Å²) < 4.78 is 35.9. The molecule has 19 heavy (non-hydrogen) atoms. The van der Waals surface area contributed by atoms with Gasteiger partial charge in [0, 0.05) is 34.9 Å². The number of hydrogen-bond acceptors (Lipinski definition) is 4. The summed E-state index contributed by atoms with van der Waals surface area (Å²) in [5.74, 6) is 0.498. The van der Waals surface area contributed by atoms with E-state index in [4.69, 9.17) is 0 Å². The zero-order valence-corrected chi connectivity index (χ0v) is 12.6. The fourth-order valence-electron chi connectivity index (χ4n) is 1.91. The fourth-order valence-corrected chi connectivity index (χ4v) is 4.16. The van der Waals surface area contributed by atoms with Gasteiger partial charge in [0.2, 0.25) is 0 Å². The lowest BCUT2D eigenvalue weighted by molar-refractivity contribution is 0.249. The Kier molecular flexibility index (Phi) is 4.39. The first kappa shape index (κ1) is 14.6. The monoisotopic (exact) mass is 302 g/mol. The summed E-state index contributed by atoms with van der Waals surface area (Å²) >= 11 is 0. The Hall–Kier alpha value is -0.760. The van der Waals surface area contributed by atoms with E-state index in [-0.39, 0.29) is 10.1 Å². The molecule has 7 heteroatoms. The lowest BCUT2D eigenvalue weighted by Gasteiger charge is -2.30. The van der Waals surface area contributed by atoms with E-state index >= 15 is 0 Å². The van der Waals surface area contributed by atoms with Gasteiger partial charge in [-0.25, -0.2) is 13.4 Å². The van der Waals surface area contributed by atoms with Crippen LogP contribution in [0, 0.1) is 6.92 Å². The topological polar surface area (TPSA) is 66.5 Å². The molecule has 0 bridgehead atoms. The van der Waals surface area contributed by atoms with Crippen molar-refractivity contribution < 1.29 is 12.6 Å². The Morgan fingerprint density at radius 3 is 2.53 bits per heavy atom. The van der Waals surface area contributed by atoms with E-state index in [1.54, 1.807) is 29.3 Å². The largest absolute Gasteiger partial charge is 0.259 e. The molecular weight excluding hydrogens is 284 g/mol. The van der Waals surface area contributed by atoms with Crippen molar-refractivity contribution in [3.63, 3.8) is 0 Å². The van der Waals surface area contributed by atoms with Crippen LogP contribution in [-0.2, 0) is 20.8 Å². The number of aryl methyl sites for hydroxylation is 1. The van der Waals surface area contributed by atoms with Crippen molar-refractivity contribution in [1.29, 1.82) is 0 Å². The standard InChI is InChI=1S/C12H18N2O3S2/c1-10-3-5-12(6-4-10)19(16,17)13-14-7-8-18(15)11(2)9-14/h3-6,11,13H,7-9H2,1-2H3/t11-,18-/m1/s1. The minimum atomic E-state index is -3.54. The molecule has 0 radical (unpaired) electrons. The van der Waals surface area contributed by atoms with Crippen LogP contribution in [0.4, 0.5) is 0 Å². The molecule has 0 spiro atoms. The summed E-state index contributed by atoms with van der Waals surface area (Å²) in [5, 5.41) is 1.61. The second-order valence-corrected chi connectivity index (χ2v) is 8.38. The lowest BCUT2D eigenvalue weighted by Crippen LogP contribution is -2.51. The van der Waals surface area contributed by atoms with Crippen molar-refractivity contribution >= 4 is 20.8 Å². The van der Waals surface area contributed by atoms with Gasteiger partial charge in [0.15, 0.2) is 0 Å². The van der Waals surface area contributed by atoms with Gasteiger partial charge in [-0.3, -0.25) is 4.21 Å². The molecule has 1 fully saturated rings. The summed E-state index contributed by atoms with van der Waals surface area (Å²) in [7, 11) is -4.40. The van der Waals surface area contributed by atoms with Gasteiger partial charge < -0.3 is 0 Å². The highest BCUT2D eigenvalue weighted by atomic mass is 32.2. The third-order valence-electron chi connectivity index (χ3n) is 3.07. The first-order chi connectivity index (χ1) is 8.88. The Balaban J connectivity index is 2.09. The molecule has 0 saturated carbocycles. The fraction of sp³-hybridized carbons (Fsp3) is 0.500. The molecule has 1 aromatic carbocycles. The molecule has 0 aromatic heterocycles. The summed E-state index contributed by atoms with van der Waals surface area (Å²) in [6.07, 6.45) is 0. The predicted octanol–water partition coefficient (Wildman–Crippen LogP) is 0.641. The van der Waals surface area contributed by atoms with Gasteiger partial charge >= 0.3 is 0 Å². The normalized spacial score (nSPS) is 25.4. The smallest absolute Gasteiger partial charge is 0.253 e. The maximum absolute atomic E-state index is 12.2. The summed E-state index contributed by atoms with van der Waals surface area (Å²) in [5.41, 5.74) is 1.01. The van der Waals surface area contributed by atoms with Crippen LogP contribution in [0.2, 0.25) is 0 Å². The third kappa shape index (κ3) is 3.62. The lowest BCUT2D eigenvalue weighted by atomic mass is 10.2. The molecule has 0 unspecified atom stereocenters. The molecule has 1 heterocycles. The quantitative estimate of drug-likeness (QED) is 0.890. The molecule has 1 saturated heterocycles. The minimum absolute atomic E-state index is 0.0190. The number of hydrazine groups is 1. The van der Waals surface area contributed by atoms with Crippen LogP contribution in [0.15, 0.2) is 29.2 Å². The maximum atomic E-state index is 12.2. The molecule has 1 aromatic rings. The van der Waals surface area contributed by atoms with Gasteiger partial charge in [-0.15, -0.1) is 4.83 Å². The van der Waals surface area contributed by atoms with E-state index in [0.29, 0.717) is 18.8 Å². The van der Waals surface area contributed by atoms with Crippen LogP contribution in [0.5, 0.6) is 0 Å². The average Bonchev–Trinajstić information content (AvgIpc) is 2.34. The van der Waals surface area contributed by atoms with Crippen LogP contribution in [0.3, 0.4) is 0 Å². The molecular formula is C12H18N2O3S2. The van der Waals surface area contributed by atoms with Gasteiger partial charge in [-0.1, -0.05) is 17.7 Å². The molecule has 0 aliphatic carbocycles. The van der Waals surface area contributed by atoms with Crippen molar-refractivity contribution in [2.24, 2.45) is 0 Å². The minimum Gasteiger partial charge on any atom is -0.259 e. The summed E-state index contributed by atoms with van der Waals surface area (Å²) in [6, 6.07) is 6.71. The van der Waals surface area contributed by atoms with E-state index in [9.17, 15) is 12.6 Å². The number of nitrogens with zero attached hydrogens (tertiary/aromatic N) is 1. The molecule has 1 aliphatic heterocycles. The molecule has 2 atom stereocenters. The van der Waals surface area contributed by atoms with Crippen LogP contribution in [0.25, 0.3) is 0 Å². The van der Waals surface area contributed by atoms with Crippen LogP contribution in [-0.4, -0.2) is 41.7 Å². The molecule has 5 nitrogen and oxygen atoms in total. The van der Waals surface area contributed by atoms with Crippen molar-refractivity contribution in [3.8, 4) is 0 Å². The highest BCUT2D eigenvalue weighted by Gasteiger charge is 2.26. The number of sulfonamides is 1. The molecule has 1 N–H and O–H groups in total. The van der Waals surface area contributed by atoms with E-state index in [0.717, 1.165) is 5.56 Å². The molecule has 1 aliphatic rings. The maximum Gasteiger partial charge on any atom is 0.253 e. The molecule has 106 valence electrons. The Morgan fingerprint density at radius 1 is 1.32 bits per heavy atom. The van der Waals surface area contributed by atoms with Crippen LogP contribution < -0.4 is 4.83 Å². The van der Waals surface area contributed by atoms with E-state index in [1.807, 2.05) is 13.8 Å². The second-order valence-electron chi connectivity index (χ2n) is 4.75. The van der Waals surface area contributed by atoms with Gasteiger partial charge in [0.25, 0.3) is 10.0 Å². The number of benzene rings is 1. The van der Waals surface area contributed by atoms with Crippen molar-refractivity contribution in [3.05, 3.63) is 29.8 Å². The summed E-state index contributed by atoms with van der Waals surface area (Å²) in [6.45, 7) is 4.72. The van der Waals surface area contributed by atoms with E-state index < -0.39 is 20.8 Å². The van der Waals surface area contributed by atoms with E-state index in [1.165, 1.54) is 0 Å². The van der Waals surface area contributed by atoms with Crippen LogP contribution in [0.1, 0.15) is 12.5 Å². The Bertz CT molecular complexity index is 569. The first-order valence-corrected chi connectivity index (χ1v) is 8.96. The SMILES string of the molecule is Cc1ccc(S(=O)(=O)NN2CC[S@@](=O)[C@H](C)C2)cc1. The van der Waals surface area contributed by atoms with Crippen LogP contribution >= 0.6 is 0 Å². The Labute approximate surface area is 116 Å². The third-order valence-corrected chi connectivity index (χ3v) is 6.09. The average molecular weight is 302 g/mol. The zero-order chi connectivity index (χ0) is 14.0. The zero-order valence-electron chi connectivity index (χ0n) is 11.0. The van der Waals surface area contributed by atoms with Crippen molar-refractivity contribution in [2.45, 2.75) is 24.0 Å². The first-order valence-electron chi connectivity index (χ1n) is 6.10. The highest BCUT2D eigenvalue weighted by molar-refractivity contribution is 7.89. The van der Waals surface area contributed by atoms with Crippen molar-refractivity contribution in [2.75, 3.05) is 18.8 Å². The van der Waals surface area contributed by atoms with Crippen molar-refractivity contribution in [1.82, 2.24) is 9.84 Å². The Morgan fingerprint density at radius 2 is 1.95 bits per heavy atom. The second kappa shape index (κ2) is 5.70. The van der Waals surface area contributed by atoms with Gasteiger partial charge in [-0.05, 0) is 26.0 Å². The highest BCUT2D eigenvalue weighted by Crippen LogP contribution is 2.12. The van der Waals surface area contributed by atoms with Gasteiger partial charge in [-0.2, -0.15) is 0 Å². The van der Waals surface area contributed by atoms with Gasteiger partial charge in [0.05, 0.1) is 4.90 Å². The number of rotatable bonds is 3. The summed E-state index contributed by atoms with van der Waals surface area (Å²) in [4.78, 5) is 2.80. The predicted molar refractivity (Wildman–Crippen MR) is 75.5 cm³/mol. The molecule has 0 amide bonds. The number of nitrogens with one attached hydrogen (secondary N) is 1. The van der Waals surface area contributed by atoms with E-state index in [2.05, 4.69) is 4.83 Å². The van der Waals surface area contributed by atoms with Gasteiger partial charge in [0.1, 0.15) is 0 Å².